The molecule has 134 valence electrons. The van der Waals surface area contributed by atoms with E-state index in [1.54, 1.807) is 18.6 Å². The summed E-state index contributed by atoms with van der Waals surface area (Å²) in [6.07, 6.45) is 4.09. The van der Waals surface area contributed by atoms with Gasteiger partial charge in [0.25, 0.3) is 5.91 Å². The van der Waals surface area contributed by atoms with E-state index in [1.165, 1.54) is 0 Å². The molecule has 0 radical (unpaired) electrons. The second kappa shape index (κ2) is 7.53. The minimum Gasteiger partial charge on any atom is -0.472 e. The second-order valence-electron chi connectivity index (χ2n) is 6.31. The Labute approximate surface area is 151 Å². The molecule has 1 fully saturated rings. The molecule has 26 heavy (non-hydrogen) atoms. The van der Waals surface area contributed by atoms with Crippen LogP contribution in [-0.4, -0.2) is 52.0 Å². The van der Waals surface area contributed by atoms with E-state index in [9.17, 15) is 4.79 Å². The molecule has 1 saturated heterocycles. The lowest BCUT2D eigenvalue weighted by Gasteiger charge is -2.21. The minimum atomic E-state index is 0.0903. The Morgan fingerprint density at radius 1 is 1.08 bits per heavy atom. The summed E-state index contributed by atoms with van der Waals surface area (Å²) in [5.41, 5.74) is 1.54. The molecule has 0 atom stereocenters. The minimum absolute atomic E-state index is 0.0903. The quantitative estimate of drug-likeness (QED) is 0.719. The van der Waals surface area contributed by atoms with Gasteiger partial charge in [0, 0.05) is 31.7 Å². The van der Waals surface area contributed by atoms with Crippen molar-refractivity contribution in [3.63, 3.8) is 0 Å². The van der Waals surface area contributed by atoms with Crippen molar-refractivity contribution in [2.45, 2.75) is 13.0 Å². The van der Waals surface area contributed by atoms with Crippen LogP contribution in [0.4, 0.5) is 0 Å². The number of aromatic nitrogens is 2. The monoisotopic (exact) mass is 352 g/mol. The second-order valence-corrected chi connectivity index (χ2v) is 6.31. The predicted octanol–water partition coefficient (Wildman–Crippen LogP) is 2.68. The third-order valence-electron chi connectivity index (χ3n) is 4.50. The van der Waals surface area contributed by atoms with Crippen LogP contribution in [0.2, 0.25) is 0 Å². The van der Waals surface area contributed by atoms with Crippen molar-refractivity contribution in [1.29, 1.82) is 0 Å². The van der Waals surface area contributed by atoms with Crippen LogP contribution in [0.3, 0.4) is 0 Å². The zero-order valence-corrected chi connectivity index (χ0v) is 14.4. The SMILES string of the molecule is O=C(c1ccccc1)N1CCCN(Cc2nc(-c3ccoc3)no2)CC1. The smallest absolute Gasteiger partial charge is 0.253 e. The molecule has 0 N–H and O–H groups in total. The van der Waals surface area contributed by atoms with Gasteiger partial charge in [-0.15, -0.1) is 0 Å². The maximum atomic E-state index is 12.6. The number of rotatable bonds is 4. The van der Waals surface area contributed by atoms with Gasteiger partial charge in [0.15, 0.2) is 0 Å². The fourth-order valence-electron chi connectivity index (χ4n) is 3.11. The number of benzene rings is 1. The highest BCUT2D eigenvalue weighted by Crippen LogP contribution is 2.17. The van der Waals surface area contributed by atoms with Crippen molar-refractivity contribution in [3.05, 3.63) is 60.4 Å². The Balaban J connectivity index is 1.36. The summed E-state index contributed by atoms with van der Waals surface area (Å²) >= 11 is 0. The molecule has 0 spiro atoms. The summed E-state index contributed by atoms with van der Waals surface area (Å²) in [5.74, 6) is 1.20. The Hall–Kier alpha value is -2.93. The van der Waals surface area contributed by atoms with Gasteiger partial charge in [-0.1, -0.05) is 23.4 Å². The maximum Gasteiger partial charge on any atom is 0.253 e. The highest BCUT2D eigenvalue weighted by molar-refractivity contribution is 5.94. The maximum absolute atomic E-state index is 12.6. The molecular formula is C19H20N4O3. The summed E-state index contributed by atoms with van der Waals surface area (Å²) in [6, 6.07) is 11.2. The van der Waals surface area contributed by atoms with Crippen LogP contribution < -0.4 is 0 Å². The van der Waals surface area contributed by atoms with Gasteiger partial charge in [0.05, 0.1) is 18.4 Å². The predicted molar refractivity (Wildman–Crippen MR) is 94.2 cm³/mol. The molecule has 1 aliphatic heterocycles. The van der Waals surface area contributed by atoms with Crippen molar-refractivity contribution in [1.82, 2.24) is 19.9 Å². The van der Waals surface area contributed by atoms with E-state index in [-0.39, 0.29) is 5.91 Å². The first-order chi connectivity index (χ1) is 12.8. The average molecular weight is 352 g/mol. The van der Waals surface area contributed by atoms with E-state index in [0.29, 0.717) is 24.8 Å². The van der Waals surface area contributed by atoms with Gasteiger partial charge in [-0.25, -0.2) is 0 Å². The van der Waals surface area contributed by atoms with Crippen LogP contribution in [0.15, 0.2) is 57.9 Å². The zero-order valence-electron chi connectivity index (χ0n) is 14.4. The molecular weight excluding hydrogens is 332 g/mol. The molecule has 1 aromatic carbocycles. The van der Waals surface area contributed by atoms with E-state index >= 15 is 0 Å². The van der Waals surface area contributed by atoms with Crippen LogP contribution >= 0.6 is 0 Å². The molecule has 0 bridgehead atoms. The van der Waals surface area contributed by atoms with Gasteiger partial charge < -0.3 is 13.8 Å². The van der Waals surface area contributed by atoms with Gasteiger partial charge in [-0.2, -0.15) is 4.98 Å². The Morgan fingerprint density at radius 3 is 2.77 bits per heavy atom. The van der Waals surface area contributed by atoms with Crippen molar-refractivity contribution >= 4 is 5.91 Å². The third kappa shape index (κ3) is 3.67. The van der Waals surface area contributed by atoms with Crippen LogP contribution in [0, 0.1) is 0 Å². The van der Waals surface area contributed by atoms with Crippen molar-refractivity contribution in [2.75, 3.05) is 26.2 Å². The Kier molecular flexibility index (Phi) is 4.79. The number of furan rings is 1. The molecule has 0 aliphatic carbocycles. The third-order valence-corrected chi connectivity index (χ3v) is 4.50. The zero-order chi connectivity index (χ0) is 17.8. The number of amides is 1. The standard InChI is InChI=1S/C19H20N4O3/c24-19(15-5-2-1-3-6-15)23-9-4-8-22(10-11-23)13-17-20-18(21-26-17)16-7-12-25-14-16/h1-3,5-7,12,14H,4,8-11,13H2. The molecule has 4 rings (SSSR count). The lowest BCUT2D eigenvalue weighted by molar-refractivity contribution is 0.0760. The largest absolute Gasteiger partial charge is 0.472 e. The first-order valence-electron chi connectivity index (χ1n) is 8.71. The molecule has 0 unspecified atom stereocenters. The molecule has 3 heterocycles. The number of carbonyl (C=O) groups excluding carboxylic acids is 1. The Morgan fingerprint density at radius 2 is 1.96 bits per heavy atom. The average Bonchev–Trinajstić information content (AvgIpc) is 3.31. The van der Waals surface area contributed by atoms with E-state index in [2.05, 4.69) is 15.0 Å². The van der Waals surface area contributed by atoms with E-state index in [1.807, 2.05) is 35.2 Å². The van der Waals surface area contributed by atoms with E-state index in [0.717, 1.165) is 37.2 Å². The fraction of sp³-hybridized carbons (Fsp3) is 0.316. The van der Waals surface area contributed by atoms with Gasteiger partial charge in [0.2, 0.25) is 11.7 Å². The van der Waals surface area contributed by atoms with Crippen molar-refractivity contribution < 1.29 is 13.7 Å². The summed E-state index contributed by atoms with van der Waals surface area (Å²) < 4.78 is 10.4. The number of nitrogens with zero attached hydrogens (tertiary/aromatic N) is 4. The van der Waals surface area contributed by atoms with E-state index in [4.69, 9.17) is 8.94 Å². The first-order valence-corrected chi connectivity index (χ1v) is 8.71. The van der Waals surface area contributed by atoms with Crippen molar-refractivity contribution in [2.24, 2.45) is 0 Å². The lowest BCUT2D eigenvalue weighted by atomic mass is 10.2. The van der Waals surface area contributed by atoms with Crippen LogP contribution in [-0.2, 0) is 6.54 Å². The first kappa shape index (κ1) is 16.5. The summed E-state index contributed by atoms with van der Waals surface area (Å²) in [5, 5.41) is 3.99. The summed E-state index contributed by atoms with van der Waals surface area (Å²) in [6.45, 7) is 3.70. The topological polar surface area (TPSA) is 75.6 Å². The molecule has 3 aromatic rings. The molecule has 1 amide bonds. The number of carbonyl (C=O) groups is 1. The summed E-state index contributed by atoms with van der Waals surface area (Å²) in [7, 11) is 0. The highest BCUT2D eigenvalue weighted by atomic mass is 16.5. The van der Waals surface area contributed by atoms with Crippen LogP contribution in [0.5, 0.6) is 0 Å². The van der Waals surface area contributed by atoms with Gasteiger partial charge in [-0.3, -0.25) is 9.69 Å². The van der Waals surface area contributed by atoms with Gasteiger partial charge in [-0.05, 0) is 24.6 Å². The Bertz CT molecular complexity index is 845. The molecule has 1 aliphatic rings. The lowest BCUT2D eigenvalue weighted by Crippen LogP contribution is -2.35. The van der Waals surface area contributed by atoms with Gasteiger partial charge in [0.1, 0.15) is 6.26 Å². The van der Waals surface area contributed by atoms with Crippen LogP contribution in [0.1, 0.15) is 22.7 Å². The van der Waals surface area contributed by atoms with E-state index < -0.39 is 0 Å². The fourth-order valence-corrected chi connectivity index (χ4v) is 3.11. The van der Waals surface area contributed by atoms with Crippen molar-refractivity contribution in [3.8, 4) is 11.4 Å². The number of hydrogen-bond donors (Lipinski definition) is 0. The number of hydrogen-bond acceptors (Lipinski definition) is 6. The van der Waals surface area contributed by atoms with Gasteiger partial charge >= 0.3 is 0 Å². The molecule has 0 saturated carbocycles. The molecule has 2 aromatic heterocycles. The molecule has 7 heteroatoms. The highest BCUT2D eigenvalue weighted by Gasteiger charge is 2.21. The summed E-state index contributed by atoms with van der Waals surface area (Å²) in [4.78, 5) is 21.2. The normalized spacial score (nSPS) is 15.8. The molecule has 7 nitrogen and oxygen atoms in total. The van der Waals surface area contributed by atoms with Crippen LogP contribution in [0.25, 0.3) is 11.4 Å².